The molecule has 3 amide bonds. The van der Waals surface area contributed by atoms with E-state index >= 15 is 0 Å². The fourth-order valence-corrected chi connectivity index (χ4v) is 2.63. The summed E-state index contributed by atoms with van der Waals surface area (Å²) in [6.07, 6.45) is -5.04. The van der Waals surface area contributed by atoms with Gasteiger partial charge in [0.1, 0.15) is 11.6 Å². The second-order valence-corrected chi connectivity index (χ2v) is 7.78. The second-order valence-electron chi connectivity index (χ2n) is 7.35. The third kappa shape index (κ3) is 6.67. The van der Waals surface area contributed by atoms with Crippen molar-refractivity contribution in [1.82, 2.24) is 10.4 Å². The van der Waals surface area contributed by atoms with Crippen LogP contribution in [0.3, 0.4) is 0 Å². The van der Waals surface area contributed by atoms with Crippen molar-refractivity contribution in [3.63, 3.8) is 0 Å². The Morgan fingerprint density at radius 2 is 1.53 bits per heavy atom. The van der Waals surface area contributed by atoms with Crippen molar-refractivity contribution in [1.29, 1.82) is 0 Å². The number of hydrogen-bond acceptors (Lipinski definition) is 3. The smallest absolute Gasteiger partial charge is 0.406 e. The van der Waals surface area contributed by atoms with E-state index in [0.717, 1.165) is 23.2 Å². The third-order valence-electron chi connectivity index (χ3n) is 3.70. The number of hydrazine groups is 1. The van der Waals surface area contributed by atoms with Gasteiger partial charge in [0.2, 0.25) is 0 Å². The van der Waals surface area contributed by atoms with Gasteiger partial charge in [-0.05, 0) is 39.0 Å². The SMILES string of the molecule is CC(C)(C)N(NC(=O)Nc1cc(F)c(F)cc1F)C(=O)c1cc(Cl)cc(OC(F)(F)F)c1. The van der Waals surface area contributed by atoms with Crippen molar-refractivity contribution in [2.24, 2.45) is 0 Å². The zero-order valence-corrected chi connectivity index (χ0v) is 17.5. The van der Waals surface area contributed by atoms with E-state index in [9.17, 15) is 35.9 Å². The topological polar surface area (TPSA) is 70.7 Å². The zero-order chi connectivity index (χ0) is 24.4. The number of ether oxygens (including phenoxy) is 1. The van der Waals surface area contributed by atoms with Crippen LogP contribution in [0.2, 0.25) is 5.02 Å². The van der Waals surface area contributed by atoms with E-state index in [1.807, 2.05) is 5.32 Å². The summed E-state index contributed by atoms with van der Waals surface area (Å²) in [5.74, 6) is -5.95. The molecule has 0 bridgehead atoms. The van der Waals surface area contributed by atoms with Gasteiger partial charge in [0, 0.05) is 22.7 Å². The quantitative estimate of drug-likeness (QED) is 0.337. The predicted molar refractivity (Wildman–Crippen MR) is 103 cm³/mol. The summed E-state index contributed by atoms with van der Waals surface area (Å²) >= 11 is 5.77. The summed E-state index contributed by atoms with van der Waals surface area (Å²) in [5, 5.41) is 2.39. The van der Waals surface area contributed by atoms with E-state index in [2.05, 4.69) is 10.2 Å². The van der Waals surface area contributed by atoms with Gasteiger partial charge < -0.3 is 10.1 Å². The highest BCUT2D eigenvalue weighted by molar-refractivity contribution is 6.31. The molecule has 0 aliphatic heterocycles. The van der Waals surface area contributed by atoms with E-state index < -0.39 is 52.7 Å². The van der Waals surface area contributed by atoms with Crippen LogP contribution in [0.15, 0.2) is 30.3 Å². The number of amides is 3. The lowest BCUT2D eigenvalue weighted by atomic mass is 10.1. The molecule has 174 valence electrons. The first-order valence-electron chi connectivity index (χ1n) is 8.70. The Labute approximate surface area is 183 Å². The van der Waals surface area contributed by atoms with Crippen molar-refractivity contribution >= 4 is 29.2 Å². The van der Waals surface area contributed by atoms with Gasteiger partial charge in [-0.1, -0.05) is 11.6 Å². The normalized spacial score (nSPS) is 11.7. The Balaban J connectivity index is 2.30. The van der Waals surface area contributed by atoms with Gasteiger partial charge in [0.15, 0.2) is 11.6 Å². The van der Waals surface area contributed by atoms with E-state index in [-0.39, 0.29) is 16.7 Å². The number of anilines is 1. The molecule has 13 heteroatoms. The van der Waals surface area contributed by atoms with Crippen LogP contribution in [0.5, 0.6) is 5.75 Å². The molecule has 0 aliphatic carbocycles. The van der Waals surface area contributed by atoms with Crippen LogP contribution in [0.4, 0.5) is 36.8 Å². The molecule has 32 heavy (non-hydrogen) atoms. The number of carbonyl (C=O) groups is 2. The van der Waals surface area contributed by atoms with Crippen LogP contribution in [-0.2, 0) is 0 Å². The fourth-order valence-electron chi connectivity index (χ4n) is 2.40. The molecule has 0 saturated carbocycles. The number of nitrogens with zero attached hydrogens (tertiary/aromatic N) is 1. The highest BCUT2D eigenvalue weighted by Crippen LogP contribution is 2.28. The Bertz CT molecular complexity index is 1040. The Kier molecular flexibility index (Phi) is 7.18. The molecule has 2 N–H and O–H groups in total. The average molecular weight is 484 g/mol. The van der Waals surface area contributed by atoms with Crippen LogP contribution < -0.4 is 15.5 Å². The first-order valence-corrected chi connectivity index (χ1v) is 9.07. The van der Waals surface area contributed by atoms with E-state index in [1.165, 1.54) is 20.8 Å². The lowest BCUT2D eigenvalue weighted by Crippen LogP contribution is -2.56. The minimum atomic E-state index is -5.04. The Morgan fingerprint density at radius 3 is 2.09 bits per heavy atom. The molecule has 0 aliphatic rings. The second kappa shape index (κ2) is 9.15. The monoisotopic (exact) mass is 483 g/mol. The van der Waals surface area contributed by atoms with Crippen molar-refractivity contribution in [2.45, 2.75) is 32.7 Å². The molecular formula is C19H16ClF6N3O3. The highest BCUT2D eigenvalue weighted by atomic mass is 35.5. The number of urea groups is 1. The van der Waals surface area contributed by atoms with Crippen LogP contribution in [0, 0.1) is 17.5 Å². The summed E-state index contributed by atoms with van der Waals surface area (Å²) in [6.45, 7) is 4.42. The number of alkyl halides is 3. The summed E-state index contributed by atoms with van der Waals surface area (Å²) in [7, 11) is 0. The number of carbonyl (C=O) groups excluding carboxylic acids is 2. The fraction of sp³-hybridized carbons (Fsp3) is 0.263. The first kappa shape index (κ1) is 25.1. The summed E-state index contributed by atoms with van der Waals surface area (Å²) in [5.41, 5.74) is -0.133. The molecule has 0 saturated heterocycles. The molecule has 0 spiro atoms. The molecule has 0 radical (unpaired) electrons. The maximum absolute atomic E-state index is 13.8. The van der Waals surface area contributed by atoms with Gasteiger partial charge in [-0.15, -0.1) is 13.2 Å². The number of benzene rings is 2. The molecular weight excluding hydrogens is 468 g/mol. The van der Waals surface area contributed by atoms with E-state index in [4.69, 9.17) is 11.6 Å². The van der Waals surface area contributed by atoms with Gasteiger partial charge in [-0.2, -0.15) is 0 Å². The van der Waals surface area contributed by atoms with E-state index in [0.29, 0.717) is 6.07 Å². The number of halogens is 7. The lowest BCUT2D eigenvalue weighted by molar-refractivity contribution is -0.274. The minimum absolute atomic E-state index is 0.214. The number of hydrogen-bond donors (Lipinski definition) is 2. The van der Waals surface area contributed by atoms with Crippen molar-refractivity contribution in [3.8, 4) is 5.75 Å². The number of nitrogens with one attached hydrogen (secondary N) is 2. The van der Waals surface area contributed by atoms with Gasteiger partial charge in [0.05, 0.1) is 11.2 Å². The Morgan fingerprint density at radius 1 is 0.938 bits per heavy atom. The number of rotatable bonds is 3. The van der Waals surface area contributed by atoms with Crippen molar-refractivity contribution in [3.05, 3.63) is 58.4 Å². The van der Waals surface area contributed by atoms with Crippen LogP contribution in [0.1, 0.15) is 31.1 Å². The predicted octanol–water partition coefficient (Wildman–Crippen LogP) is 5.63. The summed E-state index contributed by atoms with van der Waals surface area (Å²) < 4.78 is 81.4. The summed E-state index contributed by atoms with van der Waals surface area (Å²) in [6, 6.07) is 2.03. The van der Waals surface area contributed by atoms with Crippen LogP contribution in [-0.4, -0.2) is 28.8 Å². The molecule has 2 aromatic carbocycles. The van der Waals surface area contributed by atoms with Crippen molar-refractivity contribution < 1.29 is 40.7 Å². The molecule has 2 rings (SSSR count). The first-order chi connectivity index (χ1) is 14.6. The molecule has 6 nitrogen and oxygen atoms in total. The Hall–Kier alpha value is -3.15. The maximum Gasteiger partial charge on any atom is 0.573 e. The minimum Gasteiger partial charge on any atom is -0.406 e. The average Bonchev–Trinajstić information content (AvgIpc) is 2.60. The van der Waals surface area contributed by atoms with E-state index in [1.54, 1.807) is 0 Å². The standard InChI is InChI=1S/C19H16ClF6N3O3/c1-18(2,3)29(28-17(31)27-15-8-13(22)12(21)7-14(15)23)16(30)9-4-10(20)6-11(5-9)32-19(24,25)26/h4-8H,1-3H3,(H2,27,28,31). The largest absolute Gasteiger partial charge is 0.573 e. The van der Waals surface area contributed by atoms with Gasteiger partial charge in [-0.25, -0.2) is 28.4 Å². The van der Waals surface area contributed by atoms with Crippen molar-refractivity contribution in [2.75, 3.05) is 5.32 Å². The zero-order valence-electron chi connectivity index (χ0n) is 16.7. The van der Waals surface area contributed by atoms with Crippen LogP contribution >= 0.6 is 11.6 Å². The maximum atomic E-state index is 13.8. The van der Waals surface area contributed by atoms with Gasteiger partial charge in [0.25, 0.3) is 5.91 Å². The third-order valence-corrected chi connectivity index (χ3v) is 3.92. The molecule has 0 unspecified atom stereocenters. The molecule has 2 aromatic rings. The molecule has 0 atom stereocenters. The van der Waals surface area contributed by atoms with Gasteiger partial charge >= 0.3 is 12.4 Å². The molecule has 0 aromatic heterocycles. The van der Waals surface area contributed by atoms with Gasteiger partial charge in [-0.3, -0.25) is 4.79 Å². The molecule has 0 fully saturated rings. The summed E-state index contributed by atoms with van der Waals surface area (Å²) in [4.78, 5) is 25.2. The lowest BCUT2D eigenvalue weighted by Gasteiger charge is -2.35. The molecule has 0 heterocycles. The van der Waals surface area contributed by atoms with Crippen LogP contribution in [0.25, 0.3) is 0 Å². The highest BCUT2D eigenvalue weighted by Gasteiger charge is 2.33.